The molecule has 2 aromatic rings. The van der Waals surface area contributed by atoms with Crippen LogP contribution in [0.5, 0.6) is 11.5 Å². The molecule has 8 heteroatoms. The van der Waals surface area contributed by atoms with Crippen molar-refractivity contribution in [3.8, 4) is 11.5 Å². The molecule has 2 amide bonds. The molecule has 2 heterocycles. The number of ether oxygens (including phenoxy) is 2. The first-order chi connectivity index (χ1) is 16.6. The second-order valence-electron chi connectivity index (χ2n) is 9.23. The summed E-state index contributed by atoms with van der Waals surface area (Å²) in [5.41, 5.74) is 1.46. The van der Waals surface area contributed by atoms with E-state index in [1.54, 1.807) is 4.90 Å². The Morgan fingerprint density at radius 2 is 1.68 bits per heavy atom. The van der Waals surface area contributed by atoms with Gasteiger partial charge in [-0.05, 0) is 60.7 Å². The highest BCUT2D eigenvalue weighted by atomic mass is 19.1. The summed E-state index contributed by atoms with van der Waals surface area (Å²) in [5.74, 6) is 1.36. The molecule has 5 rings (SSSR count). The van der Waals surface area contributed by atoms with Crippen LogP contribution in [0.1, 0.15) is 41.6 Å². The van der Waals surface area contributed by atoms with Gasteiger partial charge in [-0.25, -0.2) is 4.39 Å². The fourth-order valence-corrected chi connectivity index (χ4v) is 5.27. The highest BCUT2D eigenvalue weighted by Gasteiger charge is 2.37. The number of halogens is 1. The summed E-state index contributed by atoms with van der Waals surface area (Å²) in [7, 11) is 0. The molecule has 180 valence electrons. The van der Waals surface area contributed by atoms with Crippen molar-refractivity contribution in [2.75, 3.05) is 33.0 Å². The summed E-state index contributed by atoms with van der Waals surface area (Å²) < 4.78 is 24.0. The van der Waals surface area contributed by atoms with Crippen LogP contribution < -0.4 is 14.8 Å². The lowest BCUT2D eigenvalue weighted by Crippen LogP contribution is -2.57. The van der Waals surface area contributed by atoms with Gasteiger partial charge in [-0.3, -0.25) is 14.5 Å². The van der Waals surface area contributed by atoms with Crippen molar-refractivity contribution in [1.29, 1.82) is 0 Å². The molecule has 3 aliphatic rings. The number of carbonyl (C=O) groups is 2. The Bertz CT molecular complexity index is 1030. The molecule has 2 fully saturated rings. The number of benzene rings is 2. The summed E-state index contributed by atoms with van der Waals surface area (Å²) >= 11 is 0. The quantitative estimate of drug-likeness (QED) is 0.707. The van der Waals surface area contributed by atoms with Crippen LogP contribution in [0.4, 0.5) is 4.39 Å². The van der Waals surface area contributed by atoms with E-state index >= 15 is 0 Å². The molecule has 1 atom stereocenters. The number of hydrogen-bond donors (Lipinski definition) is 1. The first-order valence-electron chi connectivity index (χ1n) is 12.0. The Morgan fingerprint density at radius 3 is 2.41 bits per heavy atom. The fourth-order valence-electron chi connectivity index (χ4n) is 5.27. The van der Waals surface area contributed by atoms with Crippen molar-refractivity contribution >= 4 is 11.8 Å². The van der Waals surface area contributed by atoms with Crippen LogP contribution in [0.2, 0.25) is 0 Å². The van der Waals surface area contributed by atoms with Crippen molar-refractivity contribution in [1.82, 2.24) is 15.1 Å². The second-order valence-corrected chi connectivity index (χ2v) is 9.23. The number of carbonyl (C=O) groups excluding carboxylic acids is 2. The molecule has 1 aliphatic carbocycles. The summed E-state index contributed by atoms with van der Waals surface area (Å²) in [6, 6.07) is 11.2. The molecule has 1 saturated carbocycles. The Balaban J connectivity index is 1.21. The molecule has 0 radical (unpaired) electrons. The molecule has 1 N–H and O–H groups in total. The van der Waals surface area contributed by atoms with E-state index in [0.29, 0.717) is 50.0 Å². The Hall–Kier alpha value is -3.13. The van der Waals surface area contributed by atoms with E-state index in [0.717, 1.165) is 37.0 Å². The van der Waals surface area contributed by atoms with Crippen molar-refractivity contribution in [3.63, 3.8) is 0 Å². The van der Waals surface area contributed by atoms with Gasteiger partial charge in [0.15, 0.2) is 11.5 Å². The normalized spacial score (nSPS) is 19.3. The van der Waals surface area contributed by atoms with Crippen LogP contribution >= 0.6 is 0 Å². The lowest BCUT2D eigenvalue weighted by Gasteiger charge is -2.40. The number of hydrogen-bond acceptors (Lipinski definition) is 5. The van der Waals surface area contributed by atoms with Gasteiger partial charge in [0.25, 0.3) is 5.91 Å². The molecule has 0 spiro atoms. The maximum absolute atomic E-state index is 13.4. The van der Waals surface area contributed by atoms with Crippen LogP contribution in [0, 0.1) is 11.7 Å². The Labute approximate surface area is 198 Å². The molecule has 0 bridgehead atoms. The van der Waals surface area contributed by atoms with E-state index in [9.17, 15) is 14.0 Å². The largest absolute Gasteiger partial charge is 0.454 e. The number of piperazine rings is 1. The third-order valence-electron chi connectivity index (χ3n) is 7.10. The lowest BCUT2D eigenvalue weighted by molar-refractivity contribution is -0.129. The molecule has 2 aliphatic heterocycles. The van der Waals surface area contributed by atoms with Crippen LogP contribution in [0.15, 0.2) is 42.5 Å². The fraction of sp³-hybridized carbons (Fsp3) is 0.462. The van der Waals surface area contributed by atoms with E-state index in [4.69, 9.17) is 9.47 Å². The molecule has 7 nitrogen and oxygen atoms in total. The minimum atomic E-state index is -0.354. The van der Waals surface area contributed by atoms with Gasteiger partial charge >= 0.3 is 0 Å². The maximum Gasteiger partial charge on any atom is 0.253 e. The van der Waals surface area contributed by atoms with E-state index in [1.807, 2.05) is 18.2 Å². The van der Waals surface area contributed by atoms with Gasteiger partial charge in [0, 0.05) is 38.3 Å². The van der Waals surface area contributed by atoms with Gasteiger partial charge in [0.2, 0.25) is 12.7 Å². The van der Waals surface area contributed by atoms with Crippen molar-refractivity contribution in [2.45, 2.75) is 38.3 Å². The minimum absolute atomic E-state index is 0.0443. The number of amides is 2. The monoisotopic (exact) mass is 467 g/mol. The molecule has 0 aromatic heterocycles. The third-order valence-corrected chi connectivity index (χ3v) is 7.10. The van der Waals surface area contributed by atoms with E-state index < -0.39 is 0 Å². The highest BCUT2D eigenvalue weighted by Crippen LogP contribution is 2.33. The first-order valence-corrected chi connectivity index (χ1v) is 12.0. The van der Waals surface area contributed by atoms with Crippen LogP contribution in [0.25, 0.3) is 0 Å². The van der Waals surface area contributed by atoms with Gasteiger partial charge < -0.3 is 19.7 Å². The summed E-state index contributed by atoms with van der Waals surface area (Å²) in [5, 5.41) is 3.14. The minimum Gasteiger partial charge on any atom is -0.454 e. The average Bonchev–Trinajstić information content (AvgIpc) is 3.55. The van der Waals surface area contributed by atoms with Crippen molar-refractivity contribution < 1.29 is 23.5 Å². The van der Waals surface area contributed by atoms with Gasteiger partial charge in [0.1, 0.15) is 5.82 Å². The van der Waals surface area contributed by atoms with Gasteiger partial charge in [0.05, 0.1) is 6.04 Å². The van der Waals surface area contributed by atoms with Gasteiger partial charge in [-0.15, -0.1) is 0 Å². The van der Waals surface area contributed by atoms with Crippen LogP contribution in [0.3, 0.4) is 0 Å². The van der Waals surface area contributed by atoms with Crippen molar-refractivity contribution in [2.24, 2.45) is 5.92 Å². The van der Waals surface area contributed by atoms with Gasteiger partial charge in [-0.1, -0.05) is 18.9 Å². The topological polar surface area (TPSA) is 71.1 Å². The molecule has 1 unspecified atom stereocenters. The number of rotatable bonds is 6. The highest BCUT2D eigenvalue weighted by molar-refractivity contribution is 5.94. The van der Waals surface area contributed by atoms with E-state index in [1.165, 1.54) is 24.3 Å². The Kier molecular flexibility index (Phi) is 6.67. The van der Waals surface area contributed by atoms with Crippen LogP contribution in [-0.4, -0.2) is 60.6 Å². The maximum atomic E-state index is 13.4. The predicted molar refractivity (Wildman–Crippen MR) is 124 cm³/mol. The van der Waals surface area contributed by atoms with E-state index in [-0.39, 0.29) is 30.5 Å². The summed E-state index contributed by atoms with van der Waals surface area (Å²) in [6.45, 7) is 3.05. The Morgan fingerprint density at radius 1 is 0.971 bits per heavy atom. The van der Waals surface area contributed by atoms with E-state index in [2.05, 4.69) is 10.2 Å². The zero-order valence-electron chi connectivity index (χ0n) is 19.2. The zero-order chi connectivity index (χ0) is 23.5. The lowest BCUT2D eigenvalue weighted by atomic mass is 9.94. The number of fused-ring (bicyclic) bond motifs is 1. The summed E-state index contributed by atoms with van der Waals surface area (Å²) in [6.07, 6.45) is 4.41. The van der Waals surface area contributed by atoms with Crippen molar-refractivity contribution in [3.05, 3.63) is 59.4 Å². The summed E-state index contributed by atoms with van der Waals surface area (Å²) in [4.78, 5) is 30.2. The second kappa shape index (κ2) is 10.0. The molecular formula is C26H30FN3O4. The number of nitrogens with zero attached hydrogens (tertiary/aromatic N) is 2. The van der Waals surface area contributed by atoms with Crippen LogP contribution in [-0.2, 0) is 11.3 Å². The van der Waals surface area contributed by atoms with Gasteiger partial charge in [-0.2, -0.15) is 0 Å². The smallest absolute Gasteiger partial charge is 0.253 e. The third kappa shape index (κ3) is 4.87. The molecule has 2 aromatic carbocycles. The first kappa shape index (κ1) is 22.7. The zero-order valence-corrected chi connectivity index (χ0v) is 19.2. The number of nitrogens with one attached hydrogen (secondary N) is 1. The standard InChI is InChI=1S/C26H30FN3O4/c27-21-8-6-20(7-9-21)26(32)30-13-11-29(12-14-30)24(19-3-1-2-4-19)25(31)28-16-18-5-10-22-23(15-18)34-17-33-22/h5-10,15,19,24H,1-4,11-14,16-17H2,(H,28,31). The SMILES string of the molecule is O=C(NCc1ccc2c(c1)OCO2)C(C1CCCC1)N1CCN(C(=O)c2ccc(F)cc2)CC1. The molecule has 1 saturated heterocycles. The average molecular weight is 468 g/mol. The molecule has 34 heavy (non-hydrogen) atoms. The molecular weight excluding hydrogens is 437 g/mol. The predicted octanol–water partition coefficient (Wildman–Crippen LogP) is 3.19.